The Hall–Kier alpha value is -0.720. The normalized spacial score (nSPS) is 24.1. The lowest BCUT2D eigenvalue weighted by atomic mass is 10.2. The molecule has 0 saturated heterocycles. The predicted octanol–water partition coefficient (Wildman–Crippen LogP) is 2.03. The van der Waals surface area contributed by atoms with Crippen LogP contribution in [0.25, 0.3) is 0 Å². The van der Waals surface area contributed by atoms with Crippen molar-refractivity contribution < 1.29 is 8.42 Å². The summed E-state index contributed by atoms with van der Waals surface area (Å²) in [6.07, 6.45) is 5.44. The maximum absolute atomic E-state index is 11.5. The van der Waals surface area contributed by atoms with Gasteiger partial charge in [0.25, 0.3) is 0 Å². The average molecular weight is 286 g/mol. The first-order valence-electron chi connectivity index (χ1n) is 5.92. The van der Waals surface area contributed by atoms with Crippen molar-refractivity contribution in [2.75, 3.05) is 11.6 Å². The van der Waals surface area contributed by atoms with Crippen LogP contribution in [0.15, 0.2) is 29.2 Å². The van der Waals surface area contributed by atoms with Crippen LogP contribution in [0.5, 0.6) is 0 Å². The average Bonchev–Trinajstić information content (AvgIpc) is 2.76. The maximum Gasteiger partial charge on any atom is 0.240 e. The molecule has 2 rings (SSSR count). The number of nitrogens with two attached hydrogens (primary N) is 1. The van der Waals surface area contributed by atoms with E-state index in [0.29, 0.717) is 17.0 Å². The second-order valence-electron chi connectivity index (χ2n) is 4.55. The van der Waals surface area contributed by atoms with Crippen LogP contribution in [0.3, 0.4) is 0 Å². The predicted molar refractivity (Wildman–Crippen MR) is 76.4 cm³/mol. The molecule has 0 aliphatic heterocycles. The fourth-order valence-electron chi connectivity index (χ4n) is 2.34. The van der Waals surface area contributed by atoms with Crippen LogP contribution in [-0.4, -0.2) is 26.0 Å². The molecule has 1 aromatic carbocycles. The van der Waals surface area contributed by atoms with Gasteiger partial charge < -0.3 is 5.32 Å². The summed E-state index contributed by atoms with van der Waals surface area (Å²) < 4.78 is 23.0. The van der Waals surface area contributed by atoms with E-state index in [1.807, 2.05) is 17.8 Å². The number of thioether (sulfide) groups is 1. The molecule has 1 fully saturated rings. The van der Waals surface area contributed by atoms with Gasteiger partial charge in [-0.05, 0) is 37.7 Å². The van der Waals surface area contributed by atoms with Crippen molar-refractivity contribution >= 4 is 27.5 Å². The van der Waals surface area contributed by atoms with Crippen LogP contribution in [0.1, 0.15) is 19.3 Å². The van der Waals surface area contributed by atoms with Gasteiger partial charge in [-0.1, -0.05) is 12.1 Å². The standard InChI is InChI=1S/C12H18N2O2S2/c1-17-10-7-6-9(8-10)14-11-4-2-3-5-12(11)18(13,15)16/h2-5,9-10,14H,6-8H2,1H3,(H2,13,15,16). The number of primary sulfonamides is 1. The van der Waals surface area contributed by atoms with Gasteiger partial charge in [-0.25, -0.2) is 13.6 Å². The quantitative estimate of drug-likeness (QED) is 0.888. The van der Waals surface area contributed by atoms with E-state index in [9.17, 15) is 8.42 Å². The van der Waals surface area contributed by atoms with Crippen molar-refractivity contribution in [1.82, 2.24) is 0 Å². The number of hydrogen-bond donors (Lipinski definition) is 2. The summed E-state index contributed by atoms with van der Waals surface area (Å²) in [5.74, 6) is 0. The summed E-state index contributed by atoms with van der Waals surface area (Å²) in [4.78, 5) is 0.178. The molecule has 0 amide bonds. The Balaban J connectivity index is 2.15. The van der Waals surface area contributed by atoms with Gasteiger partial charge in [0, 0.05) is 11.3 Å². The van der Waals surface area contributed by atoms with Crippen LogP contribution < -0.4 is 10.5 Å². The molecule has 1 saturated carbocycles. The Morgan fingerprint density at radius 3 is 2.67 bits per heavy atom. The second kappa shape index (κ2) is 5.50. The smallest absolute Gasteiger partial charge is 0.240 e. The van der Waals surface area contributed by atoms with Gasteiger partial charge in [-0.15, -0.1) is 0 Å². The van der Waals surface area contributed by atoms with E-state index < -0.39 is 10.0 Å². The van der Waals surface area contributed by atoms with E-state index in [2.05, 4.69) is 11.6 Å². The first kappa shape index (κ1) is 13.7. The summed E-state index contributed by atoms with van der Waals surface area (Å²) >= 11 is 1.87. The number of sulfonamides is 1. The molecule has 1 aromatic rings. The van der Waals surface area contributed by atoms with Gasteiger partial charge in [0.2, 0.25) is 10.0 Å². The third-order valence-electron chi connectivity index (χ3n) is 3.27. The minimum absolute atomic E-state index is 0.178. The van der Waals surface area contributed by atoms with Gasteiger partial charge in [-0.3, -0.25) is 0 Å². The summed E-state index contributed by atoms with van der Waals surface area (Å²) in [6.45, 7) is 0. The molecule has 1 aliphatic carbocycles. The molecule has 100 valence electrons. The van der Waals surface area contributed by atoms with Crippen LogP contribution in [-0.2, 0) is 10.0 Å². The lowest BCUT2D eigenvalue weighted by molar-refractivity contribution is 0.598. The van der Waals surface area contributed by atoms with Crippen molar-refractivity contribution in [1.29, 1.82) is 0 Å². The van der Waals surface area contributed by atoms with E-state index in [1.54, 1.807) is 18.2 Å². The molecule has 0 spiro atoms. The van der Waals surface area contributed by atoms with Crippen molar-refractivity contribution in [3.05, 3.63) is 24.3 Å². The minimum Gasteiger partial charge on any atom is -0.381 e. The summed E-state index contributed by atoms with van der Waals surface area (Å²) in [7, 11) is -3.66. The Morgan fingerprint density at radius 2 is 2.06 bits per heavy atom. The van der Waals surface area contributed by atoms with E-state index in [-0.39, 0.29) is 4.90 Å². The van der Waals surface area contributed by atoms with Gasteiger partial charge in [0.15, 0.2) is 0 Å². The largest absolute Gasteiger partial charge is 0.381 e. The van der Waals surface area contributed by atoms with Crippen molar-refractivity contribution in [3.8, 4) is 0 Å². The third-order valence-corrected chi connectivity index (χ3v) is 5.33. The molecule has 1 aliphatic rings. The first-order valence-corrected chi connectivity index (χ1v) is 8.75. The lowest BCUT2D eigenvalue weighted by Gasteiger charge is -2.16. The summed E-state index contributed by atoms with van der Waals surface area (Å²) in [5, 5.41) is 9.19. The van der Waals surface area contributed by atoms with Crippen molar-refractivity contribution in [3.63, 3.8) is 0 Å². The monoisotopic (exact) mass is 286 g/mol. The summed E-state index contributed by atoms with van der Waals surface area (Å²) in [6, 6.07) is 7.15. The van der Waals surface area contributed by atoms with Gasteiger partial charge in [0.05, 0.1) is 5.69 Å². The molecule has 2 atom stereocenters. The Labute approximate surface area is 112 Å². The fourth-order valence-corrected chi connectivity index (χ4v) is 3.84. The van der Waals surface area contributed by atoms with Crippen LogP contribution in [0, 0.1) is 0 Å². The molecule has 4 nitrogen and oxygen atoms in total. The van der Waals surface area contributed by atoms with Gasteiger partial charge in [0.1, 0.15) is 4.90 Å². The number of anilines is 1. The Kier molecular flexibility index (Phi) is 4.19. The zero-order valence-corrected chi connectivity index (χ0v) is 11.9. The number of para-hydroxylation sites is 1. The number of rotatable bonds is 4. The Bertz CT molecular complexity index is 517. The molecule has 18 heavy (non-hydrogen) atoms. The topological polar surface area (TPSA) is 72.2 Å². The molecule has 2 unspecified atom stereocenters. The highest BCUT2D eigenvalue weighted by Crippen LogP contribution is 2.31. The third kappa shape index (κ3) is 3.18. The van der Waals surface area contributed by atoms with Crippen LogP contribution in [0.2, 0.25) is 0 Å². The van der Waals surface area contributed by atoms with E-state index in [0.717, 1.165) is 12.8 Å². The molecule has 3 N–H and O–H groups in total. The van der Waals surface area contributed by atoms with Crippen LogP contribution in [0.4, 0.5) is 5.69 Å². The highest BCUT2D eigenvalue weighted by atomic mass is 32.2. The number of hydrogen-bond acceptors (Lipinski definition) is 4. The van der Waals surface area contributed by atoms with E-state index in [4.69, 9.17) is 5.14 Å². The highest BCUT2D eigenvalue weighted by Gasteiger charge is 2.25. The number of nitrogens with one attached hydrogen (secondary N) is 1. The highest BCUT2D eigenvalue weighted by molar-refractivity contribution is 7.99. The zero-order valence-electron chi connectivity index (χ0n) is 10.3. The maximum atomic E-state index is 11.5. The van der Waals surface area contributed by atoms with E-state index >= 15 is 0 Å². The van der Waals surface area contributed by atoms with Crippen LogP contribution >= 0.6 is 11.8 Å². The molecule has 0 bridgehead atoms. The zero-order chi connectivity index (χ0) is 13.2. The molecule has 0 radical (unpaired) electrons. The molecular formula is C12H18N2O2S2. The minimum atomic E-state index is -3.66. The molecule has 6 heteroatoms. The molecule has 0 heterocycles. The molecule has 0 aromatic heterocycles. The van der Waals surface area contributed by atoms with Crippen molar-refractivity contribution in [2.24, 2.45) is 5.14 Å². The van der Waals surface area contributed by atoms with Crippen molar-refractivity contribution in [2.45, 2.75) is 35.4 Å². The Morgan fingerprint density at radius 1 is 1.33 bits per heavy atom. The van der Waals surface area contributed by atoms with Gasteiger partial charge >= 0.3 is 0 Å². The fraction of sp³-hybridized carbons (Fsp3) is 0.500. The lowest BCUT2D eigenvalue weighted by Crippen LogP contribution is -2.20. The second-order valence-corrected chi connectivity index (χ2v) is 7.22. The van der Waals surface area contributed by atoms with Gasteiger partial charge in [-0.2, -0.15) is 11.8 Å². The SMILES string of the molecule is CSC1CCC(Nc2ccccc2S(N)(=O)=O)C1. The molecular weight excluding hydrogens is 268 g/mol. The first-order chi connectivity index (χ1) is 8.50. The summed E-state index contributed by atoms with van der Waals surface area (Å²) in [5.41, 5.74) is 0.617. The number of benzene rings is 1. The van der Waals surface area contributed by atoms with E-state index in [1.165, 1.54) is 6.42 Å².